The molecule has 0 atom stereocenters. The molecule has 2 aromatic heterocycles. The van der Waals surface area contributed by atoms with Gasteiger partial charge in [0.05, 0.1) is 6.20 Å². The summed E-state index contributed by atoms with van der Waals surface area (Å²) < 4.78 is 7.03. The number of nitrogens with zero attached hydrogens (tertiary/aromatic N) is 3. The number of rotatable bonds is 10. The number of carboxylic acid groups (broad SMARTS) is 1. The molecule has 1 aromatic carbocycles. The first kappa shape index (κ1) is 18.8. The van der Waals surface area contributed by atoms with Gasteiger partial charge in [0.25, 0.3) is 0 Å². The molecule has 2 heterocycles. The van der Waals surface area contributed by atoms with Gasteiger partial charge in [0.2, 0.25) is 0 Å². The molecule has 0 aliphatic rings. The van der Waals surface area contributed by atoms with Gasteiger partial charge in [-0.2, -0.15) is 5.10 Å². The summed E-state index contributed by atoms with van der Waals surface area (Å²) in [6.07, 6.45) is 8.08. The van der Waals surface area contributed by atoms with Crippen LogP contribution in [0, 0.1) is 0 Å². The molecule has 0 fully saturated rings. The van der Waals surface area contributed by atoms with Gasteiger partial charge in [0.15, 0.2) is 12.3 Å². The van der Waals surface area contributed by atoms with Crippen LogP contribution in [-0.2, 0) is 11.2 Å². The third kappa shape index (κ3) is 5.04. The summed E-state index contributed by atoms with van der Waals surface area (Å²) in [5.41, 5.74) is 3.63. The first-order chi connectivity index (χ1) is 13.2. The van der Waals surface area contributed by atoms with Crippen molar-refractivity contribution in [2.45, 2.75) is 25.7 Å². The van der Waals surface area contributed by atoms with Crippen LogP contribution in [0.3, 0.4) is 0 Å². The summed E-state index contributed by atoms with van der Waals surface area (Å²) in [7, 11) is 1.97. The fourth-order valence-electron chi connectivity index (χ4n) is 2.93. The van der Waals surface area contributed by atoms with Gasteiger partial charge in [-0.15, -0.1) is 0 Å². The van der Waals surface area contributed by atoms with Crippen LogP contribution in [0.15, 0.2) is 42.7 Å². The molecule has 0 bridgehead atoms. The Balaban J connectivity index is 1.77. The fourth-order valence-corrected chi connectivity index (χ4v) is 2.93. The lowest BCUT2D eigenvalue weighted by atomic mass is 10.1. The topological polar surface area (TPSA) is 88.8 Å². The van der Waals surface area contributed by atoms with E-state index >= 15 is 0 Å². The first-order valence-corrected chi connectivity index (χ1v) is 9.10. The molecule has 2 N–H and O–H groups in total. The molecule has 0 saturated carbocycles. The number of hydrogen-bond acceptors (Lipinski definition) is 5. The number of hydrogen-bond donors (Lipinski definition) is 2. The SMILES string of the molecule is CNCCCCCc1ccn2ncc(-c3cccc(OCC(=O)O)c3)c2n1. The molecule has 7 nitrogen and oxygen atoms in total. The van der Waals surface area contributed by atoms with Crippen LogP contribution >= 0.6 is 0 Å². The highest BCUT2D eigenvalue weighted by atomic mass is 16.5. The van der Waals surface area contributed by atoms with Crippen molar-refractivity contribution in [2.24, 2.45) is 0 Å². The van der Waals surface area contributed by atoms with Gasteiger partial charge in [-0.3, -0.25) is 0 Å². The third-order valence-electron chi connectivity index (χ3n) is 4.29. The maximum atomic E-state index is 10.7. The van der Waals surface area contributed by atoms with Crippen LogP contribution in [-0.4, -0.2) is 45.9 Å². The molecule has 0 radical (unpaired) electrons. The highest BCUT2D eigenvalue weighted by Gasteiger charge is 2.10. The monoisotopic (exact) mass is 368 g/mol. The van der Waals surface area contributed by atoms with Gasteiger partial charge in [-0.1, -0.05) is 18.6 Å². The van der Waals surface area contributed by atoms with E-state index in [-0.39, 0.29) is 6.61 Å². The van der Waals surface area contributed by atoms with Crippen LogP contribution in [0.2, 0.25) is 0 Å². The van der Waals surface area contributed by atoms with E-state index in [1.165, 1.54) is 12.8 Å². The van der Waals surface area contributed by atoms with Crippen molar-refractivity contribution in [2.75, 3.05) is 20.2 Å². The number of unbranched alkanes of at least 4 members (excludes halogenated alkanes) is 2. The number of benzene rings is 1. The van der Waals surface area contributed by atoms with E-state index in [2.05, 4.69) is 10.4 Å². The maximum Gasteiger partial charge on any atom is 0.341 e. The van der Waals surface area contributed by atoms with E-state index in [1.54, 1.807) is 16.8 Å². The van der Waals surface area contributed by atoms with Gasteiger partial charge in [0.1, 0.15) is 5.75 Å². The molecule has 0 unspecified atom stereocenters. The average Bonchev–Trinajstić information content (AvgIpc) is 3.10. The van der Waals surface area contributed by atoms with E-state index < -0.39 is 5.97 Å². The fraction of sp³-hybridized carbons (Fsp3) is 0.350. The van der Waals surface area contributed by atoms with Crippen molar-refractivity contribution in [1.82, 2.24) is 19.9 Å². The van der Waals surface area contributed by atoms with Gasteiger partial charge in [-0.05, 0) is 56.6 Å². The van der Waals surface area contributed by atoms with Crippen molar-refractivity contribution in [3.05, 3.63) is 48.4 Å². The van der Waals surface area contributed by atoms with Crippen LogP contribution in [0.4, 0.5) is 0 Å². The number of carbonyl (C=O) groups is 1. The lowest BCUT2D eigenvalue weighted by Gasteiger charge is -2.06. The summed E-state index contributed by atoms with van der Waals surface area (Å²) in [4.78, 5) is 15.5. The minimum absolute atomic E-state index is 0.367. The second kappa shape index (κ2) is 9.14. The van der Waals surface area contributed by atoms with Crippen molar-refractivity contribution in [3.63, 3.8) is 0 Å². The Kier molecular flexibility index (Phi) is 6.38. The zero-order chi connectivity index (χ0) is 19.1. The van der Waals surface area contributed by atoms with Crippen molar-refractivity contribution in [1.29, 1.82) is 0 Å². The van der Waals surface area contributed by atoms with E-state index in [9.17, 15) is 4.79 Å². The Bertz CT molecular complexity index is 907. The van der Waals surface area contributed by atoms with Gasteiger partial charge in [-0.25, -0.2) is 14.3 Å². The van der Waals surface area contributed by atoms with Gasteiger partial charge < -0.3 is 15.2 Å². The summed E-state index contributed by atoms with van der Waals surface area (Å²) in [5.74, 6) is -0.493. The second-order valence-electron chi connectivity index (χ2n) is 6.37. The van der Waals surface area contributed by atoms with Gasteiger partial charge >= 0.3 is 5.97 Å². The van der Waals surface area contributed by atoms with Crippen LogP contribution < -0.4 is 10.1 Å². The normalized spacial score (nSPS) is 11.0. The quantitative estimate of drug-likeness (QED) is 0.535. The van der Waals surface area contributed by atoms with Crippen LogP contribution in [0.1, 0.15) is 25.0 Å². The zero-order valence-electron chi connectivity index (χ0n) is 15.4. The van der Waals surface area contributed by atoms with Crippen LogP contribution in [0.5, 0.6) is 5.75 Å². The molecule has 0 spiro atoms. The molecule has 3 aromatic rings. The van der Waals surface area contributed by atoms with Crippen molar-refractivity contribution < 1.29 is 14.6 Å². The Morgan fingerprint density at radius 3 is 2.96 bits per heavy atom. The Hall–Kier alpha value is -2.93. The van der Waals surface area contributed by atoms with E-state index in [0.29, 0.717) is 5.75 Å². The highest BCUT2D eigenvalue weighted by Crippen LogP contribution is 2.27. The maximum absolute atomic E-state index is 10.7. The van der Waals surface area contributed by atoms with Crippen LogP contribution in [0.25, 0.3) is 16.8 Å². The molecular weight excluding hydrogens is 344 g/mol. The lowest BCUT2D eigenvalue weighted by Crippen LogP contribution is -2.09. The minimum Gasteiger partial charge on any atom is -0.482 e. The predicted octanol–water partition coefficient (Wildman–Crippen LogP) is 2.79. The average molecular weight is 368 g/mol. The second-order valence-corrected chi connectivity index (χ2v) is 6.37. The third-order valence-corrected chi connectivity index (χ3v) is 4.29. The highest BCUT2D eigenvalue weighted by molar-refractivity contribution is 5.77. The molecule has 7 heteroatoms. The number of aromatic nitrogens is 3. The standard InChI is InChI=1S/C20H24N4O3/c1-21-10-4-2-3-7-16-9-11-24-20(23-16)18(13-22-24)15-6-5-8-17(12-15)27-14-19(25)26/h5-6,8-9,11-13,21H,2-4,7,10,14H2,1H3,(H,25,26). The van der Waals surface area contributed by atoms with Crippen molar-refractivity contribution in [3.8, 4) is 16.9 Å². The summed E-state index contributed by atoms with van der Waals surface area (Å²) in [6, 6.07) is 9.33. The molecule has 0 aliphatic carbocycles. The molecule has 0 amide bonds. The first-order valence-electron chi connectivity index (χ1n) is 9.10. The predicted molar refractivity (Wildman–Crippen MR) is 103 cm³/mol. The molecule has 27 heavy (non-hydrogen) atoms. The summed E-state index contributed by atoms with van der Waals surface area (Å²) >= 11 is 0. The van der Waals surface area contributed by atoms with E-state index in [4.69, 9.17) is 14.8 Å². The lowest BCUT2D eigenvalue weighted by molar-refractivity contribution is -0.139. The zero-order valence-corrected chi connectivity index (χ0v) is 15.4. The number of ether oxygens (including phenoxy) is 1. The molecule has 0 aliphatic heterocycles. The van der Waals surface area contributed by atoms with Crippen molar-refractivity contribution >= 4 is 11.6 Å². The summed E-state index contributed by atoms with van der Waals surface area (Å²) in [5, 5.41) is 16.3. The number of nitrogens with one attached hydrogen (secondary N) is 1. The Morgan fingerprint density at radius 2 is 2.15 bits per heavy atom. The number of aryl methyl sites for hydroxylation is 1. The number of aliphatic carboxylic acids is 1. The molecule has 142 valence electrons. The smallest absolute Gasteiger partial charge is 0.341 e. The largest absolute Gasteiger partial charge is 0.482 e. The van der Waals surface area contributed by atoms with Gasteiger partial charge in [0, 0.05) is 17.5 Å². The number of fused-ring (bicyclic) bond motifs is 1. The molecule has 3 rings (SSSR count). The number of carboxylic acids is 1. The van der Waals surface area contributed by atoms with E-state index in [1.807, 2.05) is 37.5 Å². The Labute approximate surface area is 158 Å². The molecule has 0 saturated heterocycles. The van der Waals surface area contributed by atoms with E-state index in [0.717, 1.165) is 41.9 Å². The minimum atomic E-state index is -1.00. The Morgan fingerprint density at radius 1 is 1.26 bits per heavy atom. The summed E-state index contributed by atoms with van der Waals surface area (Å²) in [6.45, 7) is 0.674. The molecular formula is C20H24N4O3.